The van der Waals surface area contributed by atoms with Gasteiger partial charge in [0, 0.05) is 10.9 Å². The van der Waals surface area contributed by atoms with E-state index in [0.717, 1.165) is 23.9 Å². The van der Waals surface area contributed by atoms with Gasteiger partial charge in [-0.05, 0) is 24.5 Å². The average Bonchev–Trinajstić information content (AvgIpc) is 2.30. The Kier molecular flexibility index (Phi) is 1.75. The molecule has 0 aliphatic heterocycles. The van der Waals surface area contributed by atoms with Crippen LogP contribution in [0.3, 0.4) is 0 Å². The number of nitrogens with two attached hydrogens (primary N) is 1. The van der Waals surface area contributed by atoms with Crippen LogP contribution in [0.15, 0.2) is 30.3 Å². The number of aryl methyl sites for hydroxylation is 1. The molecule has 0 atom stereocenters. The Morgan fingerprint density at radius 1 is 1.20 bits per heavy atom. The molecule has 3 rings (SSSR count). The van der Waals surface area contributed by atoms with E-state index in [0.29, 0.717) is 5.82 Å². The van der Waals surface area contributed by atoms with Gasteiger partial charge in [-0.25, -0.2) is 4.98 Å². The van der Waals surface area contributed by atoms with Gasteiger partial charge in [0.2, 0.25) is 0 Å². The summed E-state index contributed by atoms with van der Waals surface area (Å²) in [6.45, 7) is 0. The van der Waals surface area contributed by atoms with Crippen LogP contribution in [0.5, 0.6) is 0 Å². The molecule has 2 heteroatoms. The first kappa shape index (κ1) is 8.48. The Labute approximate surface area is 88.4 Å². The highest BCUT2D eigenvalue weighted by atomic mass is 14.8. The van der Waals surface area contributed by atoms with E-state index in [2.05, 4.69) is 29.3 Å². The maximum Gasteiger partial charge on any atom is 0.131 e. The number of fused-ring (bicyclic) bond motifs is 3. The van der Waals surface area contributed by atoms with E-state index in [1.54, 1.807) is 0 Å². The zero-order valence-electron chi connectivity index (χ0n) is 8.40. The first-order valence-corrected chi connectivity index (χ1v) is 5.20. The number of nitrogens with zero attached hydrogens (tertiary/aromatic N) is 1. The standard InChI is InChI=1S/C13H12N2/c14-13-11-7-2-1-5-9(11)10-6-3-4-8-12(10)15-13/h2-4,6-8H,1,5H2,(H2,14,15). The second-order valence-electron chi connectivity index (χ2n) is 3.85. The number of hydrogen-bond donors (Lipinski definition) is 1. The molecule has 74 valence electrons. The molecule has 0 bridgehead atoms. The van der Waals surface area contributed by atoms with Crippen molar-refractivity contribution >= 4 is 22.8 Å². The highest BCUT2D eigenvalue weighted by molar-refractivity contribution is 5.89. The fourth-order valence-electron chi connectivity index (χ4n) is 2.20. The van der Waals surface area contributed by atoms with Gasteiger partial charge in [-0.15, -0.1) is 0 Å². The number of anilines is 1. The van der Waals surface area contributed by atoms with E-state index in [4.69, 9.17) is 5.73 Å². The number of aromatic nitrogens is 1. The lowest BCUT2D eigenvalue weighted by atomic mass is 9.94. The molecule has 0 unspecified atom stereocenters. The number of benzene rings is 1. The first-order chi connectivity index (χ1) is 7.36. The third kappa shape index (κ3) is 1.22. The second-order valence-corrected chi connectivity index (χ2v) is 3.85. The molecule has 15 heavy (non-hydrogen) atoms. The average molecular weight is 196 g/mol. The highest BCUT2D eigenvalue weighted by Crippen LogP contribution is 2.29. The van der Waals surface area contributed by atoms with Crippen LogP contribution in [0.1, 0.15) is 17.5 Å². The third-order valence-corrected chi connectivity index (χ3v) is 2.92. The topological polar surface area (TPSA) is 38.9 Å². The Balaban J connectivity index is 2.45. The molecule has 0 saturated heterocycles. The van der Waals surface area contributed by atoms with E-state index in [-0.39, 0.29) is 0 Å². The van der Waals surface area contributed by atoms with Crippen LogP contribution < -0.4 is 5.73 Å². The second kappa shape index (κ2) is 3.09. The first-order valence-electron chi connectivity index (χ1n) is 5.20. The molecule has 0 radical (unpaired) electrons. The van der Waals surface area contributed by atoms with Crippen molar-refractivity contribution in [3.8, 4) is 0 Å². The monoisotopic (exact) mass is 196 g/mol. The van der Waals surface area contributed by atoms with Gasteiger partial charge in [-0.1, -0.05) is 30.4 Å². The van der Waals surface area contributed by atoms with Gasteiger partial charge in [-0.3, -0.25) is 0 Å². The Morgan fingerprint density at radius 3 is 3.00 bits per heavy atom. The smallest absolute Gasteiger partial charge is 0.131 e. The lowest BCUT2D eigenvalue weighted by Crippen LogP contribution is -2.03. The zero-order valence-corrected chi connectivity index (χ0v) is 8.40. The van der Waals surface area contributed by atoms with Gasteiger partial charge in [0.25, 0.3) is 0 Å². The molecular formula is C13H12N2. The number of para-hydroxylation sites is 1. The summed E-state index contributed by atoms with van der Waals surface area (Å²) in [5.74, 6) is 0.652. The number of nitrogen functional groups attached to an aromatic ring is 1. The minimum absolute atomic E-state index is 0.652. The molecular weight excluding hydrogens is 184 g/mol. The lowest BCUT2D eigenvalue weighted by Gasteiger charge is -2.14. The quantitative estimate of drug-likeness (QED) is 0.703. The molecule has 1 heterocycles. The largest absolute Gasteiger partial charge is 0.383 e. The number of hydrogen-bond acceptors (Lipinski definition) is 2. The third-order valence-electron chi connectivity index (χ3n) is 2.92. The summed E-state index contributed by atoms with van der Waals surface area (Å²) < 4.78 is 0. The summed E-state index contributed by atoms with van der Waals surface area (Å²) in [6.07, 6.45) is 6.42. The summed E-state index contributed by atoms with van der Waals surface area (Å²) in [4.78, 5) is 4.42. The van der Waals surface area contributed by atoms with Gasteiger partial charge >= 0.3 is 0 Å². The van der Waals surface area contributed by atoms with E-state index in [9.17, 15) is 0 Å². The van der Waals surface area contributed by atoms with Crippen molar-refractivity contribution in [3.05, 3.63) is 41.5 Å². The Bertz CT molecular complexity index is 556. The molecule has 0 spiro atoms. The fourth-order valence-corrected chi connectivity index (χ4v) is 2.20. The maximum absolute atomic E-state index is 5.95. The van der Waals surface area contributed by atoms with Gasteiger partial charge in [0.15, 0.2) is 0 Å². The van der Waals surface area contributed by atoms with E-state index in [1.165, 1.54) is 10.9 Å². The summed E-state index contributed by atoms with van der Waals surface area (Å²) in [6, 6.07) is 8.20. The van der Waals surface area contributed by atoms with Crippen LogP contribution in [0.2, 0.25) is 0 Å². The molecule has 2 aromatic rings. The molecule has 2 nitrogen and oxygen atoms in total. The molecule has 0 saturated carbocycles. The van der Waals surface area contributed by atoms with Crippen molar-refractivity contribution in [2.24, 2.45) is 0 Å². The van der Waals surface area contributed by atoms with Gasteiger partial charge in [0.1, 0.15) is 5.82 Å². The van der Waals surface area contributed by atoms with Gasteiger partial charge in [-0.2, -0.15) is 0 Å². The predicted octanol–water partition coefficient (Wildman–Crippen LogP) is 2.78. The number of allylic oxidation sites excluding steroid dienone is 1. The SMILES string of the molecule is Nc1nc2ccccc2c2c1C=CCC2. The van der Waals surface area contributed by atoms with Crippen LogP contribution >= 0.6 is 0 Å². The Morgan fingerprint density at radius 2 is 2.07 bits per heavy atom. The van der Waals surface area contributed by atoms with Crippen molar-refractivity contribution in [3.63, 3.8) is 0 Å². The van der Waals surface area contributed by atoms with Crippen molar-refractivity contribution < 1.29 is 0 Å². The molecule has 1 aromatic heterocycles. The summed E-state index contributed by atoms with van der Waals surface area (Å²) >= 11 is 0. The highest BCUT2D eigenvalue weighted by Gasteiger charge is 2.12. The number of pyridine rings is 1. The maximum atomic E-state index is 5.95. The summed E-state index contributed by atoms with van der Waals surface area (Å²) in [5.41, 5.74) is 9.41. The van der Waals surface area contributed by atoms with Crippen molar-refractivity contribution in [1.82, 2.24) is 4.98 Å². The van der Waals surface area contributed by atoms with Crippen LogP contribution in [0.4, 0.5) is 5.82 Å². The van der Waals surface area contributed by atoms with Crippen molar-refractivity contribution in [2.75, 3.05) is 5.73 Å². The van der Waals surface area contributed by atoms with Crippen LogP contribution in [-0.2, 0) is 6.42 Å². The minimum Gasteiger partial charge on any atom is -0.383 e. The molecule has 1 aliphatic rings. The lowest BCUT2D eigenvalue weighted by molar-refractivity contribution is 0.994. The van der Waals surface area contributed by atoms with Crippen molar-refractivity contribution in [2.45, 2.75) is 12.8 Å². The van der Waals surface area contributed by atoms with Crippen LogP contribution in [0, 0.1) is 0 Å². The van der Waals surface area contributed by atoms with E-state index >= 15 is 0 Å². The van der Waals surface area contributed by atoms with E-state index < -0.39 is 0 Å². The van der Waals surface area contributed by atoms with Crippen molar-refractivity contribution in [1.29, 1.82) is 0 Å². The number of rotatable bonds is 0. The molecule has 1 aliphatic carbocycles. The molecule has 2 N–H and O–H groups in total. The fraction of sp³-hybridized carbons (Fsp3) is 0.154. The summed E-state index contributed by atoms with van der Waals surface area (Å²) in [5, 5.41) is 1.24. The van der Waals surface area contributed by atoms with E-state index in [1.807, 2.05) is 12.1 Å². The van der Waals surface area contributed by atoms with Crippen LogP contribution in [-0.4, -0.2) is 4.98 Å². The minimum atomic E-state index is 0.652. The Hall–Kier alpha value is -1.83. The molecule has 1 aromatic carbocycles. The molecule has 0 fully saturated rings. The normalized spacial score (nSPS) is 14.1. The predicted molar refractivity (Wildman–Crippen MR) is 63.5 cm³/mol. The zero-order chi connectivity index (χ0) is 10.3. The van der Waals surface area contributed by atoms with Crippen LogP contribution in [0.25, 0.3) is 17.0 Å². The summed E-state index contributed by atoms with van der Waals surface area (Å²) in [7, 11) is 0. The van der Waals surface area contributed by atoms with Gasteiger partial charge in [0.05, 0.1) is 5.52 Å². The molecule has 0 amide bonds. The van der Waals surface area contributed by atoms with Gasteiger partial charge < -0.3 is 5.73 Å².